The molecular weight excluding hydrogens is 365 g/mol. The van der Waals surface area contributed by atoms with Gasteiger partial charge in [-0.05, 0) is 0 Å². The summed E-state index contributed by atoms with van der Waals surface area (Å²) >= 11 is 3.37. The fourth-order valence-corrected chi connectivity index (χ4v) is 17.9. The third-order valence-corrected chi connectivity index (χ3v) is 16.5. The molecule has 4 saturated carbocycles. The molecule has 0 spiro atoms. The van der Waals surface area contributed by atoms with Crippen molar-refractivity contribution in [2.45, 2.75) is 16.3 Å². The van der Waals surface area contributed by atoms with Crippen molar-refractivity contribution in [3.8, 4) is 0 Å². The van der Waals surface area contributed by atoms with Crippen LogP contribution in [0.5, 0.6) is 0 Å². The van der Waals surface area contributed by atoms with Crippen molar-refractivity contribution < 1.29 is 22.1 Å². The third kappa shape index (κ3) is 0.598. The molecular formula is C7H9BrHg. The average molecular weight is 374 g/mol. The quantitative estimate of drug-likeness (QED) is 0.620. The Morgan fingerprint density at radius 3 is 2.11 bits per heavy atom. The number of halogens is 1. The van der Waals surface area contributed by atoms with Gasteiger partial charge in [-0.1, -0.05) is 0 Å². The van der Waals surface area contributed by atoms with Crippen LogP contribution in [0.3, 0.4) is 0 Å². The van der Waals surface area contributed by atoms with Gasteiger partial charge in [0.1, 0.15) is 0 Å². The summed E-state index contributed by atoms with van der Waals surface area (Å²) in [4.78, 5) is 0. The molecule has 3 atom stereocenters. The molecule has 0 aromatic rings. The van der Waals surface area contributed by atoms with Crippen LogP contribution in [-0.4, -0.2) is 0 Å². The van der Waals surface area contributed by atoms with Gasteiger partial charge in [-0.25, -0.2) is 0 Å². The normalized spacial score (nSPS) is 66.1. The SMILES string of the molecule is [Br][Hg][CH]1C2CC3C(C2)C31. The Kier molecular flexibility index (Phi) is 1.18. The van der Waals surface area contributed by atoms with Gasteiger partial charge < -0.3 is 0 Å². The van der Waals surface area contributed by atoms with Crippen molar-refractivity contribution in [2.24, 2.45) is 23.7 Å². The van der Waals surface area contributed by atoms with E-state index in [-0.39, 0.29) is 0 Å². The second-order valence-corrected chi connectivity index (χ2v) is 14.5. The fraction of sp³-hybridized carbons (Fsp3) is 1.00. The van der Waals surface area contributed by atoms with Gasteiger partial charge in [0.15, 0.2) is 0 Å². The first-order chi connectivity index (χ1) is 4.42. The summed E-state index contributed by atoms with van der Waals surface area (Å²) < 4.78 is 1.32. The first kappa shape index (κ1) is 5.99. The maximum atomic E-state index is 3.83. The van der Waals surface area contributed by atoms with Crippen molar-refractivity contribution in [3.05, 3.63) is 0 Å². The topological polar surface area (TPSA) is 0 Å². The number of hydrogen-bond donors (Lipinski definition) is 0. The predicted molar refractivity (Wildman–Crippen MR) is 35.9 cm³/mol. The van der Waals surface area contributed by atoms with Gasteiger partial charge >= 0.3 is 74.0 Å². The molecule has 3 unspecified atom stereocenters. The van der Waals surface area contributed by atoms with Crippen LogP contribution < -0.4 is 0 Å². The Labute approximate surface area is 73.5 Å². The minimum absolute atomic E-state index is 0.466. The van der Waals surface area contributed by atoms with Crippen molar-refractivity contribution in [3.63, 3.8) is 0 Å². The first-order valence-electron chi connectivity index (χ1n) is 3.98. The number of hydrogen-bond acceptors (Lipinski definition) is 0. The molecule has 0 amide bonds. The van der Waals surface area contributed by atoms with E-state index in [1.165, 1.54) is 27.1 Å². The summed E-state index contributed by atoms with van der Waals surface area (Å²) in [5, 5.41) is 0. The average Bonchev–Trinajstić information content (AvgIpc) is 2.40. The Morgan fingerprint density at radius 2 is 1.89 bits per heavy atom. The molecule has 2 heteroatoms. The molecule has 4 aliphatic carbocycles. The predicted octanol–water partition coefficient (Wildman–Crippen LogP) is 2.45. The van der Waals surface area contributed by atoms with Gasteiger partial charge in [0.25, 0.3) is 0 Å². The Hall–Kier alpha value is 1.42. The van der Waals surface area contributed by atoms with Crippen LogP contribution in [0.1, 0.15) is 12.8 Å². The van der Waals surface area contributed by atoms with Gasteiger partial charge in [0, 0.05) is 0 Å². The molecule has 0 N–H and O–H groups in total. The van der Waals surface area contributed by atoms with E-state index in [9.17, 15) is 0 Å². The molecule has 0 aliphatic heterocycles. The van der Waals surface area contributed by atoms with Crippen LogP contribution in [0.15, 0.2) is 0 Å². The van der Waals surface area contributed by atoms with Crippen LogP contribution in [0.4, 0.5) is 0 Å². The van der Waals surface area contributed by atoms with Gasteiger partial charge in [0.05, 0.1) is 0 Å². The second-order valence-electron chi connectivity index (χ2n) is 3.95. The van der Waals surface area contributed by atoms with Crippen LogP contribution in [-0.2, 0) is 22.1 Å². The van der Waals surface area contributed by atoms with E-state index < -0.39 is 22.1 Å². The van der Waals surface area contributed by atoms with E-state index in [0.717, 1.165) is 0 Å². The van der Waals surface area contributed by atoms with Gasteiger partial charge in [-0.15, -0.1) is 0 Å². The molecule has 4 fully saturated rings. The molecule has 46 valence electrons. The zero-order chi connectivity index (χ0) is 6.01. The Balaban J connectivity index is 1.95. The molecule has 4 rings (SSSR count). The first-order valence-corrected chi connectivity index (χ1v) is 19.1. The minimum atomic E-state index is -0.466. The third-order valence-electron chi connectivity index (χ3n) is 3.83. The van der Waals surface area contributed by atoms with E-state index in [2.05, 4.69) is 11.9 Å². The summed E-state index contributed by atoms with van der Waals surface area (Å²) in [6, 6.07) is 0. The maximum absolute atomic E-state index is 3.83. The van der Waals surface area contributed by atoms with Crippen molar-refractivity contribution in [1.29, 1.82) is 0 Å². The molecule has 0 radical (unpaired) electrons. The summed E-state index contributed by atoms with van der Waals surface area (Å²) in [5.74, 6) is 5.05. The van der Waals surface area contributed by atoms with Crippen LogP contribution >= 0.6 is 11.9 Å². The van der Waals surface area contributed by atoms with Crippen LogP contribution in [0.2, 0.25) is 3.43 Å². The summed E-state index contributed by atoms with van der Waals surface area (Å²) in [7, 11) is 0. The molecule has 0 aromatic carbocycles. The molecule has 0 nitrogen and oxygen atoms in total. The van der Waals surface area contributed by atoms with Crippen molar-refractivity contribution in [2.75, 3.05) is 0 Å². The molecule has 0 heterocycles. The standard InChI is InChI=1S/C7H9.BrH.Hg/c1-4-2-6-5(1)7(6)3-4;;/h1,4-7H,2-3H2;1H;/q;;+1/p-1. The Morgan fingerprint density at radius 1 is 1.22 bits per heavy atom. The zero-order valence-corrected chi connectivity index (χ0v) is 12.5. The molecule has 9 heavy (non-hydrogen) atoms. The van der Waals surface area contributed by atoms with E-state index in [0.29, 0.717) is 0 Å². The van der Waals surface area contributed by atoms with Crippen LogP contribution in [0, 0.1) is 23.7 Å². The van der Waals surface area contributed by atoms with Gasteiger partial charge in [0.2, 0.25) is 0 Å². The van der Waals surface area contributed by atoms with E-state index in [1.54, 1.807) is 12.8 Å². The van der Waals surface area contributed by atoms with E-state index >= 15 is 0 Å². The monoisotopic (exact) mass is 374 g/mol. The Bertz CT molecular complexity index is 145. The molecule has 4 bridgehead atoms. The van der Waals surface area contributed by atoms with Crippen molar-refractivity contribution >= 4 is 11.9 Å². The molecule has 0 saturated heterocycles. The van der Waals surface area contributed by atoms with Gasteiger partial charge in [-0.3, -0.25) is 0 Å². The van der Waals surface area contributed by atoms with Crippen molar-refractivity contribution in [1.82, 2.24) is 0 Å². The van der Waals surface area contributed by atoms with Crippen LogP contribution in [0.25, 0.3) is 0 Å². The second kappa shape index (κ2) is 1.77. The van der Waals surface area contributed by atoms with E-state index in [1.807, 2.05) is 0 Å². The van der Waals surface area contributed by atoms with E-state index in [4.69, 9.17) is 0 Å². The summed E-state index contributed by atoms with van der Waals surface area (Å²) in [5.41, 5.74) is 0. The van der Waals surface area contributed by atoms with Gasteiger partial charge in [-0.2, -0.15) is 0 Å². The number of rotatable bonds is 1. The molecule has 4 aliphatic rings. The molecule has 0 aromatic heterocycles. The summed E-state index contributed by atoms with van der Waals surface area (Å²) in [6.45, 7) is 0. The fourth-order valence-electron chi connectivity index (χ4n) is 3.46. The zero-order valence-electron chi connectivity index (χ0n) is 5.39. The summed E-state index contributed by atoms with van der Waals surface area (Å²) in [6.07, 6.45) is 3.29.